The highest BCUT2D eigenvalue weighted by atomic mass is 35.5. The first-order valence-electron chi connectivity index (χ1n) is 10.5. The second-order valence-electron chi connectivity index (χ2n) is 7.95. The molecule has 4 nitrogen and oxygen atoms in total. The van der Waals surface area contributed by atoms with Crippen LogP contribution in [0.15, 0.2) is 83.8 Å². The maximum Gasteiger partial charge on any atom is 0.247 e. The predicted octanol–water partition coefficient (Wildman–Crippen LogP) is 8.20. The Balaban J connectivity index is 1.79. The third kappa shape index (κ3) is 5.97. The highest BCUT2D eigenvalue weighted by Gasteiger charge is 2.30. The second kappa shape index (κ2) is 11.0. The van der Waals surface area contributed by atoms with E-state index in [-0.39, 0.29) is 23.1 Å². The van der Waals surface area contributed by atoms with E-state index in [0.29, 0.717) is 21.2 Å². The molecule has 0 aliphatic carbocycles. The van der Waals surface area contributed by atoms with Gasteiger partial charge in [-0.3, -0.25) is 0 Å². The lowest BCUT2D eigenvalue weighted by atomic mass is 10.0. The number of hydrogen-bond donors (Lipinski definition) is 1. The molecule has 0 amide bonds. The minimum atomic E-state index is -4.34. The van der Waals surface area contributed by atoms with Crippen molar-refractivity contribution in [1.82, 2.24) is 4.31 Å². The average molecular weight is 585 g/mol. The summed E-state index contributed by atoms with van der Waals surface area (Å²) < 4.78 is 42.1. The molecule has 4 rings (SSSR count). The topological polar surface area (TPSA) is 57.6 Å². The molecule has 0 atom stereocenters. The second-order valence-corrected chi connectivity index (χ2v) is 11.5. The molecule has 36 heavy (non-hydrogen) atoms. The van der Waals surface area contributed by atoms with E-state index in [1.54, 1.807) is 24.3 Å². The number of aromatic hydroxyl groups is 1. The molecule has 0 heterocycles. The molecule has 0 aliphatic rings. The standard InChI is InChI=1S/C26H18Cl4FNO3S/c27-20-6-3-17(4-7-20)18-5-10-23(29)19(11-18)15-32(14-16-1-8-22(31)9-2-16)36(34,35)25-13-21(28)12-24(30)26(25)33/h1-13,33H,14-15H2. The fraction of sp³-hybridized carbons (Fsp3) is 0.0769. The van der Waals surface area contributed by atoms with Crippen LogP contribution >= 0.6 is 46.4 Å². The van der Waals surface area contributed by atoms with Gasteiger partial charge in [0, 0.05) is 28.2 Å². The van der Waals surface area contributed by atoms with Crippen LogP contribution in [-0.4, -0.2) is 17.8 Å². The fourth-order valence-electron chi connectivity index (χ4n) is 3.61. The molecular formula is C26H18Cl4FNO3S. The Bertz CT molecular complexity index is 1510. The Morgan fingerprint density at radius 3 is 2.03 bits per heavy atom. The first kappa shape index (κ1) is 26.7. The number of phenols is 1. The van der Waals surface area contributed by atoms with Gasteiger partial charge in [0.05, 0.1) is 5.02 Å². The maximum absolute atomic E-state index is 13.8. The molecule has 0 unspecified atom stereocenters. The van der Waals surface area contributed by atoms with Gasteiger partial charge in [0.15, 0.2) is 5.75 Å². The van der Waals surface area contributed by atoms with Gasteiger partial charge in [-0.05, 0) is 70.8 Å². The van der Waals surface area contributed by atoms with E-state index in [4.69, 9.17) is 46.4 Å². The number of nitrogens with zero attached hydrogens (tertiary/aromatic N) is 1. The summed E-state index contributed by atoms with van der Waals surface area (Å²) in [5.41, 5.74) is 2.71. The summed E-state index contributed by atoms with van der Waals surface area (Å²) in [5.74, 6) is -1.07. The van der Waals surface area contributed by atoms with Crippen molar-refractivity contribution >= 4 is 56.4 Å². The van der Waals surface area contributed by atoms with Crippen molar-refractivity contribution < 1.29 is 17.9 Å². The summed E-state index contributed by atoms with van der Waals surface area (Å²) in [7, 11) is -4.34. The van der Waals surface area contributed by atoms with E-state index in [1.165, 1.54) is 30.3 Å². The summed E-state index contributed by atoms with van der Waals surface area (Å²) in [6.07, 6.45) is 0. The third-order valence-corrected chi connectivity index (χ3v) is 8.39. The van der Waals surface area contributed by atoms with Crippen molar-refractivity contribution in [2.75, 3.05) is 0 Å². The highest BCUT2D eigenvalue weighted by Crippen LogP contribution is 2.37. The van der Waals surface area contributed by atoms with Gasteiger partial charge in [-0.15, -0.1) is 0 Å². The van der Waals surface area contributed by atoms with Crippen LogP contribution in [-0.2, 0) is 23.1 Å². The molecule has 10 heteroatoms. The summed E-state index contributed by atoms with van der Waals surface area (Å²) in [4.78, 5) is -0.452. The number of rotatable bonds is 7. The first-order chi connectivity index (χ1) is 17.0. The van der Waals surface area contributed by atoms with Gasteiger partial charge in [0.25, 0.3) is 0 Å². The maximum atomic E-state index is 13.8. The summed E-state index contributed by atoms with van der Waals surface area (Å²) >= 11 is 24.5. The molecule has 0 saturated carbocycles. The van der Waals surface area contributed by atoms with Crippen LogP contribution in [0.2, 0.25) is 20.1 Å². The quantitative estimate of drug-likeness (QED) is 0.238. The van der Waals surface area contributed by atoms with E-state index in [1.807, 2.05) is 18.2 Å². The highest BCUT2D eigenvalue weighted by molar-refractivity contribution is 7.89. The lowest BCUT2D eigenvalue weighted by molar-refractivity contribution is 0.394. The zero-order chi connectivity index (χ0) is 26.0. The Morgan fingerprint density at radius 1 is 0.722 bits per heavy atom. The molecular weight excluding hydrogens is 567 g/mol. The van der Waals surface area contributed by atoms with Crippen LogP contribution in [0.25, 0.3) is 11.1 Å². The van der Waals surface area contributed by atoms with Gasteiger partial charge in [-0.25, -0.2) is 12.8 Å². The molecule has 0 bridgehead atoms. The van der Waals surface area contributed by atoms with Crippen molar-refractivity contribution in [3.05, 3.63) is 116 Å². The molecule has 0 saturated heterocycles. The van der Waals surface area contributed by atoms with E-state index < -0.39 is 26.5 Å². The van der Waals surface area contributed by atoms with E-state index in [9.17, 15) is 17.9 Å². The molecule has 0 aromatic heterocycles. The fourth-order valence-corrected chi connectivity index (χ4v) is 6.06. The largest absolute Gasteiger partial charge is 0.505 e. The van der Waals surface area contributed by atoms with Crippen LogP contribution in [0, 0.1) is 5.82 Å². The van der Waals surface area contributed by atoms with Crippen LogP contribution in [0.3, 0.4) is 0 Å². The van der Waals surface area contributed by atoms with Gasteiger partial charge >= 0.3 is 0 Å². The zero-order valence-corrected chi connectivity index (χ0v) is 22.3. The molecule has 0 spiro atoms. The van der Waals surface area contributed by atoms with Gasteiger partial charge in [0.2, 0.25) is 10.0 Å². The molecule has 1 N–H and O–H groups in total. The van der Waals surface area contributed by atoms with E-state index >= 15 is 0 Å². The zero-order valence-electron chi connectivity index (χ0n) is 18.4. The Labute approximate surface area is 228 Å². The van der Waals surface area contributed by atoms with Gasteiger partial charge in [-0.2, -0.15) is 4.31 Å². The Morgan fingerprint density at radius 2 is 1.36 bits per heavy atom. The third-order valence-electron chi connectivity index (χ3n) is 5.45. The SMILES string of the molecule is O=S(=O)(c1cc(Cl)cc(Cl)c1O)N(Cc1ccc(F)cc1)Cc1cc(-c2ccc(Cl)cc2)ccc1Cl. The van der Waals surface area contributed by atoms with Crippen molar-refractivity contribution in [3.8, 4) is 16.9 Å². The Hall–Kier alpha value is -2.32. The van der Waals surface area contributed by atoms with Crippen LogP contribution in [0.5, 0.6) is 5.75 Å². The van der Waals surface area contributed by atoms with Crippen molar-refractivity contribution in [2.24, 2.45) is 0 Å². The molecule has 4 aromatic carbocycles. The molecule has 4 aromatic rings. The lowest BCUT2D eigenvalue weighted by Crippen LogP contribution is -2.30. The van der Waals surface area contributed by atoms with E-state index in [2.05, 4.69) is 0 Å². The number of halogens is 5. The summed E-state index contributed by atoms with van der Waals surface area (Å²) in [5, 5.41) is 11.2. The number of hydrogen-bond acceptors (Lipinski definition) is 3. The number of benzene rings is 4. The monoisotopic (exact) mass is 583 g/mol. The van der Waals surface area contributed by atoms with Crippen molar-refractivity contribution in [1.29, 1.82) is 0 Å². The minimum absolute atomic E-state index is 0.0425. The molecule has 0 radical (unpaired) electrons. The van der Waals surface area contributed by atoms with Gasteiger partial charge < -0.3 is 5.11 Å². The van der Waals surface area contributed by atoms with Crippen molar-refractivity contribution in [3.63, 3.8) is 0 Å². The lowest BCUT2D eigenvalue weighted by Gasteiger charge is -2.24. The predicted molar refractivity (Wildman–Crippen MR) is 143 cm³/mol. The van der Waals surface area contributed by atoms with Crippen LogP contribution in [0.1, 0.15) is 11.1 Å². The molecule has 0 aliphatic heterocycles. The average Bonchev–Trinajstić information content (AvgIpc) is 2.84. The van der Waals surface area contributed by atoms with Crippen molar-refractivity contribution in [2.45, 2.75) is 18.0 Å². The normalized spacial score (nSPS) is 11.7. The first-order valence-corrected chi connectivity index (χ1v) is 13.5. The van der Waals surface area contributed by atoms with Gasteiger partial charge in [-0.1, -0.05) is 76.7 Å². The number of phenolic OH excluding ortho intramolecular Hbond substituents is 1. The summed E-state index contributed by atoms with van der Waals surface area (Å²) in [6, 6.07) is 20.3. The summed E-state index contributed by atoms with van der Waals surface area (Å²) in [6.45, 7) is -0.281. The molecule has 186 valence electrons. The smallest absolute Gasteiger partial charge is 0.247 e. The van der Waals surface area contributed by atoms with Gasteiger partial charge in [0.1, 0.15) is 10.7 Å². The van der Waals surface area contributed by atoms with Crippen LogP contribution in [0.4, 0.5) is 4.39 Å². The minimum Gasteiger partial charge on any atom is -0.505 e. The van der Waals surface area contributed by atoms with E-state index in [0.717, 1.165) is 21.5 Å². The molecule has 0 fully saturated rings. The Kier molecular flexibility index (Phi) is 8.15. The number of sulfonamides is 1. The van der Waals surface area contributed by atoms with Crippen LogP contribution < -0.4 is 0 Å².